The Morgan fingerprint density at radius 2 is 1.95 bits per heavy atom. The lowest BCUT2D eigenvalue weighted by Crippen LogP contribution is -2.44. The Bertz CT molecular complexity index is 436. The molecular weight excluding hydrogens is 295 g/mol. The van der Waals surface area contributed by atoms with E-state index >= 15 is 0 Å². The van der Waals surface area contributed by atoms with Crippen molar-refractivity contribution in [3.63, 3.8) is 0 Å². The first-order valence-corrected chi connectivity index (χ1v) is 6.98. The summed E-state index contributed by atoms with van der Waals surface area (Å²) in [6, 6.07) is 7.24. The van der Waals surface area contributed by atoms with Crippen LogP contribution in [0, 0.1) is 0 Å². The first kappa shape index (κ1) is 17.6. The van der Waals surface area contributed by atoms with Gasteiger partial charge in [-0.2, -0.15) is 0 Å². The lowest BCUT2D eigenvalue weighted by molar-refractivity contribution is 0.185. The number of nitrogens with one attached hydrogen (secondary N) is 1. The normalized spacial score (nSPS) is 23.0. The van der Waals surface area contributed by atoms with Gasteiger partial charge in [-0.15, -0.1) is 24.8 Å². The van der Waals surface area contributed by atoms with Crippen molar-refractivity contribution in [2.45, 2.75) is 32.4 Å². The minimum Gasteiger partial charge on any atom is -0.490 e. The SMILES string of the molecule is CC1Cc2ccc(C(C)N3CCNCC3)cc2O1.Cl.Cl. The molecule has 1 aromatic carbocycles. The zero-order chi connectivity index (χ0) is 12.5. The van der Waals surface area contributed by atoms with Crippen LogP contribution in [0.5, 0.6) is 5.75 Å². The number of ether oxygens (including phenoxy) is 1. The van der Waals surface area contributed by atoms with Gasteiger partial charge in [0.15, 0.2) is 0 Å². The van der Waals surface area contributed by atoms with Gasteiger partial charge in [0.2, 0.25) is 0 Å². The van der Waals surface area contributed by atoms with Gasteiger partial charge in [0.25, 0.3) is 0 Å². The van der Waals surface area contributed by atoms with Crippen molar-refractivity contribution in [1.29, 1.82) is 0 Å². The fourth-order valence-electron chi connectivity index (χ4n) is 2.96. The van der Waals surface area contributed by atoms with E-state index in [-0.39, 0.29) is 24.8 Å². The first-order chi connectivity index (χ1) is 8.74. The molecule has 0 amide bonds. The molecule has 2 unspecified atom stereocenters. The van der Waals surface area contributed by atoms with Crippen molar-refractivity contribution in [2.24, 2.45) is 0 Å². The van der Waals surface area contributed by atoms with Crippen molar-refractivity contribution in [1.82, 2.24) is 10.2 Å². The van der Waals surface area contributed by atoms with Crippen LogP contribution in [-0.2, 0) is 6.42 Å². The maximum absolute atomic E-state index is 5.85. The van der Waals surface area contributed by atoms with Crippen molar-refractivity contribution in [2.75, 3.05) is 26.2 Å². The molecule has 2 aliphatic heterocycles. The summed E-state index contributed by atoms with van der Waals surface area (Å²) in [7, 11) is 0. The van der Waals surface area contributed by atoms with Crippen molar-refractivity contribution in [3.05, 3.63) is 29.3 Å². The van der Waals surface area contributed by atoms with E-state index in [4.69, 9.17) is 4.74 Å². The van der Waals surface area contributed by atoms with E-state index in [0.717, 1.165) is 38.3 Å². The summed E-state index contributed by atoms with van der Waals surface area (Å²) in [5.41, 5.74) is 2.74. The Hall–Kier alpha value is -0.480. The number of hydrogen-bond donors (Lipinski definition) is 1. The number of piperazine rings is 1. The van der Waals surface area contributed by atoms with Gasteiger partial charge in [0.05, 0.1) is 0 Å². The summed E-state index contributed by atoms with van der Waals surface area (Å²) in [5.74, 6) is 1.10. The average Bonchev–Trinajstić information content (AvgIpc) is 2.78. The highest BCUT2D eigenvalue weighted by Crippen LogP contribution is 2.32. The van der Waals surface area contributed by atoms with Crippen LogP contribution in [-0.4, -0.2) is 37.2 Å². The third kappa shape index (κ3) is 3.59. The Labute approximate surface area is 133 Å². The van der Waals surface area contributed by atoms with Gasteiger partial charge in [0, 0.05) is 38.6 Å². The van der Waals surface area contributed by atoms with Crippen LogP contribution in [0.3, 0.4) is 0 Å². The highest BCUT2D eigenvalue weighted by molar-refractivity contribution is 5.85. The average molecular weight is 319 g/mol. The molecule has 2 atom stereocenters. The third-order valence-corrected chi connectivity index (χ3v) is 4.11. The Morgan fingerprint density at radius 1 is 1.25 bits per heavy atom. The summed E-state index contributed by atoms with van der Waals surface area (Å²) >= 11 is 0. The van der Waals surface area contributed by atoms with E-state index in [1.807, 2.05) is 0 Å². The van der Waals surface area contributed by atoms with Crippen molar-refractivity contribution in [3.8, 4) is 5.75 Å². The van der Waals surface area contributed by atoms with E-state index < -0.39 is 0 Å². The summed E-state index contributed by atoms with van der Waals surface area (Å²) in [5, 5.41) is 3.40. The van der Waals surface area contributed by atoms with Crippen molar-refractivity contribution < 1.29 is 4.74 Å². The smallest absolute Gasteiger partial charge is 0.123 e. The van der Waals surface area contributed by atoms with Gasteiger partial charge in [-0.25, -0.2) is 0 Å². The number of nitrogens with zero attached hydrogens (tertiary/aromatic N) is 1. The molecule has 5 heteroatoms. The molecular formula is C15H24Cl2N2O. The second-order valence-electron chi connectivity index (χ2n) is 5.46. The molecule has 1 aromatic rings. The third-order valence-electron chi connectivity index (χ3n) is 4.11. The second kappa shape index (κ2) is 7.51. The molecule has 114 valence electrons. The zero-order valence-corrected chi connectivity index (χ0v) is 13.7. The van der Waals surface area contributed by atoms with Gasteiger partial charge in [-0.05, 0) is 31.0 Å². The topological polar surface area (TPSA) is 24.5 Å². The lowest BCUT2D eigenvalue weighted by atomic mass is 10.0. The molecule has 1 fully saturated rings. The number of halogens is 2. The van der Waals surface area contributed by atoms with Crippen LogP contribution in [0.4, 0.5) is 0 Å². The Morgan fingerprint density at radius 3 is 2.65 bits per heavy atom. The van der Waals surface area contributed by atoms with E-state index in [2.05, 4.69) is 42.3 Å². The largest absolute Gasteiger partial charge is 0.490 e. The van der Waals surface area contributed by atoms with Crippen LogP contribution >= 0.6 is 24.8 Å². The van der Waals surface area contributed by atoms with Crippen molar-refractivity contribution >= 4 is 24.8 Å². The number of rotatable bonds is 2. The summed E-state index contributed by atoms with van der Waals surface area (Å²) in [6.07, 6.45) is 1.39. The zero-order valence-electron chi connectivity index (χ0n) is 12.1. The standard InChI is InChI=1S/C15H22N2O.2ClH/c1-11-9-14-4-3-13(10-15(14)18-11)12(2)17-7-5-16-6-8-17;;/h3-4,10-12,16H,5-9H2,1-2H3;2*1H. The lowest BCUT2D eigenvalue weighted by Gasteiger charge is -2.33. The predicted octanol–water partition coefficient (Wildman–Crippen LogP) is 2.82. The molecule has 1 N–H and O–H groups in total. The summed E-state index contributed by atoms with van der Waals surface area (Å²) < 4.78 is 5.85. The van der Waals surface area contributed by atoms with Crippen LogP contribution in [0.1, 0.15) is 31.0 Å². The predicted molar refractivity (Wildman–Crippen MR) is 87.6 cm³/mol. The molecule has 2 heterocycles. The fraction of sp³-hybridized carbons (Fsp3) is 0.600. The van der Waals surface area contributed by atoms with Gasteiger partial charge in [-0.1, -0.05) is 12.1 Å². The first-order valence-electron chi connectivity index (χ1n) is 6.98. The Kier molecular flexibility index (Phi) is 6.59. The summed E-state index contributed by atoms with van der Waals surface area (Å²) in [6.45, 7) is 8.90. The highest BCUT2D eigenvalue weighted by atomic mass is 35.5. The molecule has 3 rings (SSSR count). The maximum atomic E-state index is 5.85. The van der Waals surface area contributed by atoms with Gasteiger partial charge in [-0.3, -0.25) is 4.90 Å². The monoisotopic (exact) mass is 318 g/mol. The molecule has 0 radical (unpaired) electrons. The maximum Gasteiger partial charge on any atom is 0.123 e. The van der Waals surface area contributed by atoms with E-state index in [1.54, 1.807) is 0 Å². The number of fused-ring (bicyclic) bond motifs is 1. The number of benzene rings is 1. The van der Waals surface area contributed by atoms with Gasteiger partial charge in [0.1, 0.15) is 11.9 Å². The van der Waals surface area contributed by atoms with Crippen LogP contribution in [0.15, 0.2) is 18.2 Å². The van der Waals surface area contributed by atoms with Crippen LogP contribution in [0.2, 0.25) is 0 Å². The minimum atomic E-state index is 0. The minimum absolute atomic E-state index is 0. The van der Waals surface area contributed by atoms with Gasteiger partial charge < -0.3 is 10.1 Å². The highest BCUT2D eigenvalue weighted by Gasteiger charge is 2.22. The van der Waals surface area contributed by atoms with Crippen LogP contribution in [0.25, 0.3) is 0 Å². The molecule has 0 bridgehead atoms. The molecule has 0 aliphatic carbocycles. The molecule has 2 aliphatic rings. The molecule has 0 saturated carbocycles. The fourth-order valence-corrected chi connectivity index (χ4v) is 2.96. The molecule has 20 heavy (non-hydrogen) atoms. The van der Waals surface area contributed by atoms with E-state index in [9.17, 15) is 0 Å². The molecule has 0 spiro atoms. The van der Waals surface area contributed by atoms with E-state index in [1.165, 1.54) is 11.1 Å². The molecule has 3 nitrogen and oxygen atoms in total. The molecule has 0 aromatic heterocycles. The second-order valence-corrected chi connectivity index (χ2v) is 5.46. The van der Waals surface area contributed by atoms with Crippen LogP contribution < -0.4 is 10.1 Å². The van der Waals surface area contributed by atoms with E-state index in [0.29, 0.717) is 12.1 Å². The summed E-state index contributed by atoms with van der Waals surface area (Å²) in [4.78, 5) is 2.54. The molecule has 1 saturated heterocycles. The van der Waals surface area contributed by atoms with Gasteiger partial charge >= 0.3 is 0 Å². The Balaban J connectivity index is 0.000001000. The number of hydrogen-bond acceptors (Lipinski definition) is 3. The quantitative estimate of drug-likeness (QED) is 0.907.